The Hall–Kier alpha value is -1.60. The number of sulfonamides is 1. The Morgan fingerprint density at radius 3 is 2.45 bits per heavy atom. The average molecular weight is 326 g/mol. The summed E-state index contributed by atoms with van der Waals surface area (Å²) in [6.07, 6.45) is 2.01. The summed E-state index contributed by atoms with van der Waals surface area (Å²) in [4.78, 5) is 12.0. The summed E-state index contributed by atoms with van der Waals surface area (Å²) in [6.45, 7) is 4.38. The maximum Gasteiger partial charge on any atom is 0.340 e. The molecule has 0 radical (unpaired) electrons. The lowest BCUT2D eigenvalue weighted by atomic mass is 9.68. The minimum Gasteiger partial charge on any atom is -0.465 e. The number of benzene rings is 1. The third-order valence-corrected chi connectivity index (χ3v) is 5.34. The van der Waals surface area contributed by atoms with E-state index in [-0.39, 0.29) is 16.5 Å². The fraction of sp³-hybridized carbons (Fsp3) is 0.533. The van der Waals surface area contributed by atoms with E-state index in [0.717, 1.165) is 12.8 Å². The van der Waals surface area contributed by atoms with Gasteiger partial charge in [0.05, 0.1) is 17.6 Å². The first-order chi connectivity index (χ1) is 10.2. The number of rotatable bonds is 5. The Balaban J connectivity index is 2.32. The van der Waals surface area contributed by atoms with Crippen LogP contribution in [0.2, 0.25) is 0 Å². The molecule has 0 aliphatic heterocycles. The number of methoxy groups -OCH3 is 1. The maximum absolute atomic E-state index is 11.9. The van der Waals surface area contributed by atoms with Crippen LogP contribution in [0.4, 0.5) is 5.69 Å². The topological polar surface area (TPSA) is 84.5 Å². The lowest BCUT2D eigenvalue weighted by Crippen LogP contribution is -2.41. The SMILES string of the molecule is CNS(=O)(=O)c1ccc(NC2CC(C)(C)C2)c(C(=O)OC)c1. The van der Waals surface area contributed by atoms with Crippen LogP contribution >= 0.6 is 0 Å². The largest absolute Gasteiger partial charge is 0.465 e. The molecule has 122 valence electrons. The van der Waals surface area contributed by atoms with E-state index in [2.05, 4.69) is 23.9 Å². The Morgan fingerprint density at radius 2 is 1.95 bits per heavy atom. The first-order valence-electron chi connectivity index (χ1n) is 7.11. The van der Waals surface area contributed by atoms with Crippen LogP contribution in [0.25, 0.3) is 0 Å². The van der Waals surface area contributed by atoms with Crippen molar-refractivity contribution >= 4 is 21.7 Å². The van der Waals surface area contributed by atoms with Gasteiger partial charge in [-0.25, -0.2) is 17.9 Å². The molecule has 1 saturated carbocycles. The third kappa shape index (κ3) is 3.41. The zero-order valence-corrected chi connectivity index (χ0v) is 14.1. The summed E-state index contributed by atoms with van der Waals surface area (Å²) in [6, 6.07) is 4.71. The fourth-order valence-corrected chi connectivity index (χ4v) is 3.57. The summed E-state index contributed by atoms with van der Waals surface area (Å²) in [5.74, 6) is -0.561. The highest BCUT2D eigenvalue weighted by atomic mass is 32.2. The molecule has 0 unspecified atom stereocenters. The van der Waals surface area contributed by atoms with Crippen LogP contribution in [-0.4, -0.2) is 34.6 Å². The summed E-state index contributed by atoms with van der Waals surface area (Å²) in [5, 5.41) is 3.30. The molecule has 1 fully saturated rings. The van der Waals surface area contributed by atoms with E-state index in [0.29, 0.717) is 11.1 Å². The molecule has 6 nitrogen and oxygen atoms in total. The number of anilines is 1. The highest BCUT2D eigenvalue weighted by molar-refractivity contribution is 7.89. The van der Waals surface area contributed by atoms with E-state index < -0.39 is 16.0 Å². The Bertz CT molecular complexity index is 675. The molecular formula is C15H22N2O4S. The van der Waals surface area contributed by atoms with E-state index in [1.807, 2.05) is 0 Å². The smallest absolute Gasteiger partial charge is 0.340 e. The number of hydrogen-bond acceptors (Lipinski definition) is 5. The molecule has 0 spiro atoms. The van der Waals surface area contributed by atoms with Gasteiger partial charge in [0, 0.05) is 11.7 Å². The number of carbonyl (C=O) groups is 1. The zero-order chi connectivity index (χ0) is 16.5. The van der Waals surface area contributed by atoms with Crippen LogP contribution < -0.4 is 10.0 Å². The van der Waals surface area contributed by atoms with Crippen molar-refractivity contribution in [1.29, 1.82) is 0 Å². The molecule has 1 aromatic rings. The number of nitrogens with one attached hydrogen (secondary N) is 2. The van der Waals surface area contributed by atoms with Crippen LogP contribution in [0.3, 0.4) is 0 Å². The third-order valence-electron chi connectivity index (χ3n) is 3.93. The molecule has 2 N–H and O–H groups in total. The van der Waals surface area contributed by atoms with Gasteiger partial charge in [0.1, 0.15) is 0 Å². The van der Waals surface area contributed by atoms with Crippen molar-refractivity contribution in [2.45, 2.75) is 37.6 Å². The Labute approximate surface area is 131 Å². The van der Waals surface area contributed by atoms with E-state index in [1.165, 1.54) is 26.3 Å². The van der Waals surface area contributed by atoms with Crippen molar-refractivity contribution in [1.82, 2.24) is 4.72 Å². The van der Waals surface area contributed by atoms with Gasteiger partial charge in [-0.2, -0.15) is 0 Å². The normalized spacial score (nSPS) is 17.6. The second-order valence-corrected chi connectivity index (χ2v) is 8.21. The standard InChI is InChI=1S/C15H22N2O4S/c1-15(2)8-10(9-15)17-13-6-5-11(22(19,20)16-3)7-12(13)14(18)21-4/h5-7,10,16-17H,8-9H2,1-4H3. The molecule has 0 aromatic heterocycles. The maximum atomic E-state index is 11.9. The van der Waals surface area contributed by atoms with Gasteiger partial charge < -0.3 is 10.1 Å². The first-order valence-corrected chi connectivity index (χ1v) is 8.59. The highest BCUT2D eigenvalue weighted by Gasteiger charge is 2.36. The zero-order valence-electron chi connectivity index (χ0n) is 13.3. The predicted molar refractivity (Wildman–Crippen MR) is 84.5 cm³/mol. The van der Waals surface area contributed by atoms with Crippen LogP contribution in [0.1, 0.15) is 37.0 Å². The molecular weight excluding hydrogens is 304 g/mol. The Morgan fingerprint density at radius 1 is 1.32 bits per heavy atom. The molecule has 7 heteroatoms. The fourth-order valence-electron chi connectivity index (χ4n) is 2.81. The highest BCUT2D eigenvalue weighted by Crippen LogP contribution is 2.41. The molecule has 0 amide bonds. The summed E-state index contributed by atoms with van der Waals surface area (Å²) in [5.41, 5.74) is 1.13. The van der Waals surface area contributed by atoms with Crippen molar-refractivity contribution in [3.8, 4) is 0 Å². The van der Waals surface area contributed by atoms with Gasteiger partial charge >= 0.3 is 5.97 Å². The number of hydrogen-bond donors (Lipinski definition) is 2. The second kappa shape index (κ2) is 5.89. The molecule has 2 rings (SSSR count). The summed E-state index contributed by atoms with van der Waals surface area (Å²) >= 11 is 0. The molecule has 1 aromatic carbocycles. The minimum atomic E-state index is -3.60. The van der Waals surface area contributed by atoms with Crippen molar-refractivity contribution in [2.24, 2.45) is 5.41 Å². The number of ether oxygens (including phenoxy) is 1. The van der Waals surface area contributed by atoms with Gasteiger partial charge in [-0.3, -0.25) is 0 Å². The quantitative estimate of drug-likeness (QED) is 0.808. The summed E-state index contributed by atoms with van der Waals surface area (Å²) < 4.78 is 30.7. The van der Waals surface area contributed by atoms with Crippen LogP contribution in [0.15, 0.2) is 23.1 Å². The van der Waals surface area contributed by atoms with Gasteiger partial charge in [-0.05, 0) is 43.5 Å². The average Bonchev–Trinajstić information content (AvgIpc) is 2.44. The molecule has 0 saturated heterocycles. The van der Waals surface area contributed by atoms with Crippen LogP contribution in [0.5, 0.6) is 0 Å². The van der Waals surface area contributed by atoms with Gasteiger partial charge in [0.25, 0.3) is 0 Å². The van der Waals surface area contributed by atoms with Gasteiger partial charge in [-0.15, -0.1) is 0 Å². The van der Waals surface area contributed by atoms with Crippen molar-refractivity contribution in [3.05, 3.63) is 23.8 Å². The van der Waals surface area contributed by atoms with Gasteiger partial charge in [0.2, 0.25) is 10.0 Å². The predicted octanol–water partition coefficient (Wildman–Crippen LogP) is 1.98. The molecule has 0 bridgehead atoms. The van der Waals surface area contributed by atoms with Crippen LogP contribution in [-0.2, 0) is 14.8 Å². The summed E-state index contributed by atoms with van der Waals surface area (Å²) in [7, 11) is -0.999. The molecule has 0 heterocycles. The second-order valence-electron chi connectivity index (χ2n) is 6.32. The molecule has 22 heavy (non-hydrogen) atoms. The van der Waals surface area contributed by atoms with Gasteiger partial charge in [-0.1, -0.05) is 13.8 Å². The van der Waals surface area contributed by atoms with Crippen molar-refractivity contribution in [2.75, 3.05) is 19.5 Å². The minimum absolute atomic E-state index is 0.0369. The lowest BCUT2D eigenvalue weighted by molar-refractivity contribution is 0.0601. The van der Waals surface area contributed by atoms with Crippen LogP contribution in [0, 0.1) is 5.41 Å². The Kier molecular flexibility index (Phi) is 4.49. The monoisotopic (exact) mass is 326 g/mol. The number of esters is 1. The van der Waals surface area contributed by atoms with E-state index in [9.17, 15) is 13.2 Å². The number of carbonyl (C=O) groups excluding carboxylic acids is 1. The van der Waals surface area contributed by atoms with Crippen molar-refractivity contribution in [3.63, 3.8) is 0 Å². The molecule has 0 atom stereocenters. The van der Waals surface area contributed by atoms with E-state index in [1.54, 1.807) is 6.07 Å². The lowest BCUT2D eigenvalue weighted by Gasteiger charge is -2.43. The van der Waals surface area contributed by atoms with Crippen molar-refractivity contribution < 1.29 is 17.9 Å². The molecule has 1 aliphatic carbocycles. The molecule has 1 aliphatic rings. The van der Waals surface area contributed by atoms with E-state index >= 15 is 0 Å². The van der Waals surface area contributed by atoms with Gasteiger partial charge in [0.15, 0.2) is 0 Å². The van der Waals surface area contributed by atoms with E-state index in [4.69, 9.17) is 4.74 Å². The first kappa shape index (κ1) is 16.8.